The fourth-order valence-corrected chi connectivity index (χ4v) is 5.89. The van der Waals surface area contributed by atoms with Crippen LogP contribution in [-0.2, 0) is 29.6 Å². The zero-order valence-electron chi connectivity index (χ0n) is 25.8. The molecule has 0 spiro atoms. The number of hydrogen-bond acceptors (Lipinski definition) is 8. The topological polar surface area (TPSA) is 137 Å². The number of aryl methyl sites for hydroxylation is 4. The van der Waals surface area contributed by atoms with Crippen molar-refractivity contribution >= 4 is 28.8 Å². The Morgan fingerprint density at radius 3 is 2.56 bits per heavy atom. The van der Waals surface area contributed by atoms with Crippen molar-refractivity contribution in [3.63, 3.8) is 0 Å². The zero-order valence-corrected chi connectivity index (χ0v) is 25.8. The van der Waals surface area contributed by atoms with E-state index >= 15 is 0 Å². The summed E-state index contributed by atoms with van der Waals surface area (Å²) in [5, 5.41) is 11.2. The first-order chi connectivity index (χ1) is 21.7. The number of nitrogens with zero attached hydrogens (tertiary/aromatic N) is 4. The minimum atomic E-state index is -0.486. The molecule has 3 aliphatic rings. The van der Waals surface area contributed by atoms with E-state index in [1.165, 1.54) is 7.11 Å². The molecule has 4 aromatic rings. The lowest BCUT2D eigenvalue weighted by atomic mass is 10.1. The van der Waals surface area contributed by atoms with E-state index in [1.807, 2.05) is 51.2 Å². The maximum Gasteiger partial charge on any atom is 0.258 e. The molecule has 2 aromatic carbocycles. The molecule has 0 radical (unpaired) electrons. The van der Waals surface area contributed by atoms with E-state index in [0.29, 0.717) is 47.1 Å². The molecule has 234 valence electrons. The number of benzene rings is 2. The van der Waals surface area contributed by atoms with Gasteiger partial charge >= 0.3 is 0 Å². The quantitative estimate of drug-likeness (QED) is 0.353. The van der Waals surface area contributed by atoms with Gasteiger partial charge in [-0.2, -0.15) is 5.10 Å². The molecule has 2 atom stereocenters. The molecule has 45 heavy (non-hydrogen) atoms. The third-order valence-electron chi connectivity index (χ3n) is 8.15. The number of rotatable bonds is 2. The van der Waals surface area contributed by atoms with E-state index < -0.39 is 12.1 Å². The molecule has 0 aliphatic carbocycles. The van der Waals surface area contributed by atoms with Gasteiger partial charge in [0.15, 0.2) is 23.8 Å². The molecule has 7 rings (SSSR count). The highest BCUT2D eigenvalue weighted by molar-refractivity contribution is 6.06. The van der Waals surface area contributed by atoms with E-state index in [-0.39, 0.29) is 43.8 Å². The smallest absolute Gasteiger partial charge is 0.258 e. The Bertz CT molecular complexity index is 1770. The number of methoxy groups -OCH3 is 1. The number of likely N-dealkylation sites (tertiary alicyclic amines) is 1. The number of carbonyl (C=O) groups is 3. The first kappa shape index (κ1) is 29.9. The zero-order chi connectivity index (χ0) is 31.7. The summed E-state index contributed by atoms with van der Waals surface area (Å²) in [7, 11) is 3.34. The second-order valence-electron chi connectivity index (χ2n) is 11.5. The van der Waals surface area contributed by atoms with E-state index in [1.54, 1.807) is 27.8 Å². The van der Waals surface area contributed by atoms with Gasteiger partial charge < -0.3 is 29.7 Å². The van der Waals surface area contributed by atoms with E-state index in [4.69, 9.17) is 14.2 Å². The summed E-state index contributed by atoms with van der Waals surface area (Å²) in [6.45, 7) is 4.42. The van der Waals surface area contributed by atoms with Gasteiger partial charge in [-0.3, -0.25) is 19.1 Å². The molecule has 4 bridgehead atoms. The van der Waals surface area contributed by atoms with Crippen LogP contribution in [0.5, 0.6) is 17.2 Å². The SMILES string of the molecule is COc1ccc2cc1OCC(=O)NCc1ccc(cc1)O[C@H]1CN(C(=O)c3cc(C)nc4c3c(C)nn4C)C[C@@H]1NC(=O)CC2. The number of ether oxygens (including phenoxy) is 3. The normalized spacial score (nSPS) is 19.0. The number of nitrogens with one attached hydrogen (secondary N) is 2. The molecule has 3 amide bonds. The molecule has 0 unspecified atom stereocenters. The van der Waals surface area contributed by atoms with Crippen LogP contribution in [0.2, 0.25) is 0 Å². The average Bonchev–Trinajstić information content (AvgIpc) is 3.55. The molecule has 12 heteroatoms. The largest absolute Gasteiger partial charge is 0.493 e. The van der Waals surface area contributed by atoms with Crippen molar-refractivity contribution in [3.8, 4) is 17.2 Å². The second-order valence-corrected chi connectivity index (χ2v) is 11.5. The number of aromatic nitrogens is 3. The molecule has 5 heterocycles. The Morgan fingerprint density at radius 1 is 1.00 bits per heavy atom. The molecule has 3 aliphatic heterocycles. The number of hydrogen-bond donors (Lipinski definition) is 2. The molecule has 2 aromatic heterocycles. The van der Waals surface area contributed by atoms with Crippen LogP contribution in [0.4, 0.5) is 0 Å². The summed E-state index contributed by atoms with van der Waals surface area (Å²) < 4.78 is 19.2. The van der Waals surface area contributed by atoms with Crippen LogP contribution in [0.15, 0.2) is 48.5 Å². The minimum Gasteiger partial charge on any atom is -0.493 e. The average molecular weight is 613 g/mol. The summed E-state index contributed by atoms with van der Waals surface area (Å²) in [6.07, 6.45) is 0.159. The van der Waals surface area contributed by atoms with Gasteiger partial charge in [-0.15, -0.1) is 0 Å². The van der Waals surface area contributed by atoms with Crippen LogP contribution in [0.1, 0.15) is 39.3 Å². The highest BCUT2D eigenvalue weighted by Gasteiger charge is 2.39. The monoisotopic (exact) mass is 612 g/mol. The van der Waals surface area contributed by atoms with E-state index in [9.17, 15) is 14.4 Å². The number of amides is 3. The fraction of sp³-hybridized carbons (Fsp3) is 0.364. The maximum atomic E-state index is 14.0. The lowest BCUT2D eigenvalue weighted by Gasteiger charge is -2.21. The summed E-state index contributed by atoms with van der Waals surface area (Å²) in [4.78, 5) is 46.1. The summed E-state index contributed by atoms with van der Waals surface area (Å²) in [5.74, 6) is 0.907. The van der Waals surface area contributed by atoms with E-state index in [2.05, 4.69) is 20.7 Å². The van der Waals surface area contributed by atoms with Crippen LogP contribution in [-0.4, -0.2) is 76.3 Å². The van der Waals surface area contributed by atoms with Crippen molar-refractivity contribution < 1.29 is 28.6 Å². The summed E-state index contributed by atoms with van der Waals surface area (Å²) in [6, 6.07) is 14.1. The molecule has 12 nitrogen and oxygen atoms in total. The molecule has 1 saturated heterocycles. The van der Waals surface area contributed by atoms with Crippen molar-refractivity contribution in [2.45, 2.75) is 45.4 Å². The van der Waals surface area contributed by atoms with Crippen LogP contribution in [0.3, 0.4) is 0 Å². The van der Waals surface area contributed by atoms with Crippen LogP contribution in [0.25, 0.3) is 11.0 Å². The van der Waals surface area contributed by atoms with Crippen molar-refractivity contribution in [3.05, 3.63) is 76.6 Å². The fourth-order valence-electron chi connectivity index (χ4n) is 5.89. The summed E-state index contributed by atoms with van der Waals surface area (Å²) in [5.41, 5.74) is 4.36. The van der Waals surface area contributed by atoms with Crippen molar-refractivity contribution in [2.75, 3.05) is 26.8 Å². The minimum absolute atomic E-state index is 0.168. The van der Waals surface area contributed by atoms with Crippen LogP contribution in [0, 0.1) is 13.8 Å². The molecular formula is C33H36N6O6. The van der Waals surface area contributed by atoms with Gasteiger partial charge in [-0.1, -0.05) is 18.2 Å². The molecule has 0 saturated carbocycles. The highest BCUT2D eigenvalue weighted by Crippen LogP contribution is 2.29. The van der Waals surface area contributed by atoms with Gasteiger partial charge in [0.05, 0.1) is 36.3 Å². The van der Waals surface area contributed by atoms with E-state index in [0.717, 1.165) is 22.2 Å². The van der Waals surface area contributed by atoms with Gasteiger partial charge in [0.1, 0.15) is 11.9 Å². The first-order valence-electron chi connectivity index (χ1n) is 14.9. The van der Waals surface area contributed by atoms with Crippen molar-refractivity contribution in [1.29, 1.82) is 0 Å². The molecule has 1 fully saturated rings. The van der Waals surface area contributed by atoms with Crippen molar-refractivity contribution in [2.24, 2.45) is 7.05 Å². The van der Waals surface area contributed by atoms with Gasteiger partial charge in [-0.25, -0.2) is 4.98 Å². The lowest BCUT2D eigenvalue weighted by molar-refractivity contribution is -0.123. The molecular weight excluding hydrogens is 576 g/mol. The van der Waals surface area contributed by atoms with Gasteiger partial charge in [0, 0.05) is 32.3 Å². The number of pyridine rings is 1. The predicted octanol–water partition coefficient (Wildman–Crippen LogP) is 2.62. The predicted molar refractivity (Wildman–Crippen MR) is 165 cm³/mol. The Kier molecular flexibility index (Phi) is 8.29. The van der Waals surface area contributed by atoms with Crippen LogP contribution >= 0.6 is 0 Å². The number of carbonyl (C=O) groups excluding carboxylic acids is 3. The maximum absolute atomic E-state index is 14.0. The third kappa shape index (κ3) is 6.40. The van der Waals surface area contributed by atoms with Gasteiger partial charge in [0.2, 0.25) is 5.91 Å². The lowest BCUT2D eigenvalue weighted by Crippen LogP contribution is -2.45. The first-order valence-corrected chi connectivity index (χ1v) is 14.9. The number of fused-ring (bicyclic) bond motifs is 10. The Hall–Kier alpha value is -5.13. The molecule has 2 N–H and O–H groups in total. The summed E-state index contributed by atoms with van der Waals surface area (Å²) >= 11 is 0. The van der Waals surface area contributed by atoms with Crippen LogP contribution < -0.4 is 24.8 Å². The van der Waals surface area contributed by atoms with Gasteiger partial charge in [0.25, 0.3) is 11.8 Å². The standard InChI is InChI=1S/C33H36N6O6/c1-19-13-24(31-20(2)37-38(3)32(31)35-19)33(42)39-16-25-28(17-39)45-23-9-5-22(6-10-23)15-34-30(41)18-44-27-14-21(7-11-26(27)43-4)8-12-29(40)36-25/h5-7,9-11,13-14,25,28H,8,12,15-18H2,1-4H3,(H,34,41)(H,36,40)/t25-,28-/m0/s1. The Morgan fingerprint density at radius 2 is 1.78 bits per heavy atom. The second kappa shape index (κ2) is 12.5. The van der Waals surface area contributed by atoms with Crippen molar-refractivity contribution in [1.82, 2.24) is 30.3 Å². The Labute approximate surface area is 260 Å². The highest BCUT2D eigenvalue weighted by atomic mass is 16.5. The third-order valence-corrected chi connectivity index (χ3v) is 8.15. The van der Waals surface area contributed by atoms with Gasteiger partial charge in [-0.05, 0) is 61.7 Å². The Balaban J connectivity index is 1.28.